The van der Waals surface area contributed by atoms with E-state index in [2.05, 4.69) is 20.0 Å². The first-order valence-electron chi connectivity index (χ1n) is 7.32. The molecule has 1 amide bonds. The Morgan fingerprint density at radius 1 is 1.40 bits per heavy atom. The van der Waals surface area contributed by atoms with Crippen LogP contribution in [0.1, 0.15) is 10.4 Å². The molecule has 7 nitrogen and oxygen atoms in total. The zero-order chi connectivity index (χ0) is 17.8. The van der Waals surface area contributed by atoms with Gasteiger partial charge >= 0.3 is 5.76 Å². The second-order valence-electron chi connectivity index (χ2n) is 5.21. The number of carbonyl (C=O) groups is 1. The number of benzene rings is 1. The van der Waals surface area contributed by atoms with E-state index in [-0.39, 0.29) is 12.5 Å². The predicted molar refractivity (Wildman–Crippen MR) is 94.0 cm³/mol. The predicted octanol–water partition coefficient (Wildman–Crippen LogP) is 2.75. The van der Waals surface area contributed by atoms with Crippen LogP contribution in [0, 0.1) is 6.92 Å². The number of halogens is 1. The lowest BCUT2D eigenvalue weighted by Crippen LogP contribution is -2.28. The lowest BCUT2D eigenvalue weighted by atomic mass is 10.2. The Morgan fingerprint density at radius 2 is 2.24 bits per heavy atom. The number of H-pyrrole nitrogens is 1. The average molecular weight is 380 g/mol. The van der Waals surface area contributed by atoms with Gasteiger partial charge in [0.1, 0.15) is 5.75 Å². The largest absolute Gasteiger partial charge is 0.482 e. The molecule has 130 valence electrons. The fraction of sp³-hybridized carbons (Fsp3) is 0.188. The van der Waals surface area contributed by atoms with Crippen molar-refractivity contribution in [3.05, 3.63) is 56.3 Å². The van der Waals surface area contributed by atoms with Gasteiger partial charge in [-0.15, -0.1) is 11.3 Å². The number of aryl methyl sites for hydroxylation is 1. The van der Waals surface area contributed by atoms with Crippen LogP contribution in [0.3, 0.4) is 0 Å². The third-order valence-corrected chi connectivity index (χ3v) is 4.64. The summed E-state index contributed by atoms with van der Waals surface area (Å²) in [6.45, 7) is 2.13. The summed E-state index contributed by atoms with van der Waals surface area (Å²) in [6, 6.07) is 9.01. The molecule has 2 heterocycles. The SMILES string of the molecule is Cc1ccc(Cl)c(OCC(=O)NCc2ccc(-c3noc(=O)[nH]3)s2)c1. The van der Waals surface area contributed by atoms with Gasteiger partial charge in [0.05, 0.1) is 16.4 Å². The van der Waals surface area contributed by atoms with Gasteiger partial charge in [0, 0.05) is 4.88 Å². The maximum atomic E-state index is 11.9. The van der Waals surface area contributed by atoms with Gasteiger partial charge in [-0.1, -0.05) is 22.8 Å². The Labute approximate surface area is 151 Å². The van der Waals surface area contributed by atoms with Crippen molar-refractivity contribution in [1.29, 1.82) is 0 Å². The Morgan fingerprint density at radius 3 is 3.00 bits per heavy atom. The first kappa shape index (κ1) is 17.2. The van der Waals surface area contributed by atoms with Crippen molar-refractivity contribution in [2.24, 2.45) is 0 Å². The van der Waals surface area contributed by atoms with Gasteiger partial charge in [0.25, 0.3) is 5.91 Å². The zero-order valence-electron chi connectivity index (χ0n) is 13.2. The van der Waals surface area contributed by atoms with E-state index >= 15 is 0 Å². The van der Waals surface area contributed by atoms with Crippen molar-refractivity contribution in [1.82, 2.24) is 15.5 Å². The standard InChI is InChI=1S/C16H14ClN3O4S/c1-9-2-4-11(17)12(6-9)23-8-14(21)18-7-10-3-5-13(25-10)15-19-16(22)24-20-15/h2-6H,7-8H2,1H3,(H,18,21)(H,19,20,22). The van der Waals surface area contributed by atoms with Gasteiger partial charge < -0.3 is 10.1 Å². The molecular weight excluding hydrogens is 366 g/mol. The topological polar surface area (TPSA) is 97.2 Å². The highest BCUT2D eigenvalue weighted by Gasteiger charge is 2.10. The Kier molecular flexibility index (Phi) is 5.20. The van der Waals surface area contributed by atoms with Crippen molar-refractivity contribution in [2.75, 3.05) is 6.61 Å². The number of amides is 1. The van der Waals surface area contributed by atoms with Crippen LogP contribution in [0.2, 0.25) is 5.02 Å². The molecule has 0 spiro atoms. The minimum atomic E-state index is -0.606. The number of carbonyl (C=O) groups excluding carboxylic acids is 1. The maximum Gasteiger partial charge on any atom is 0.439 e. The van der Waals surface area contributed by atoms with Crippen LogP contribution < -0.4 is 15.8 Å². The molecule has 2 N–H and O–H groups in total. The molecule has 9 heteroatoms. The number of hydrogen-bond donors (Lipinski definition) is 2. The van der Waals surface area contributed by atoms with Gasteiger partial charge in [-0.05, 0) is 36.8 Å². The highest BCUT2D eigenvalue weighted by molar-refractivity contribution is 7.15. The molecule has 0 aliphatic carbocycles. The smallest absolute Gasteiger partial charge is 0.439 e. The molecule has 3 aromatic rings. The molecule has 0 bridgehead atoms. The number of ether oxygens (including phenoxy) is 1. The molecule has 1 aromatic carbocycles. The number of aromatic amines is 1. The average Bonchev–Trinajstić information content (AvgIpc) is 3.22. The summed E-state index contributed by atoms with van der Waals surface area (Å²) in [4.78, 5) is 27.0. The molecule has 3 rings (SSSR count). The van der Waals surface area contributed by atoms with Crippen molar-refractivity contribution in [3.8, 4) is 16.5 Å². The van der Waals surface area contributed by atoms with Crippen molar-refractivity contribution in [2.45, 2.75) is 13.5 Å². The molecule has 0 radical (unpaired) electrons. The van der Waals surface area contributed by atoms with Gasteiger partial charge in [0.2, 0.25) is 0 Å². The van der Waals surface area contributed by atoms with Gasteiger partial charge in [-0.3, -0.25) is 14.3 Å². The van der Waals surface area contributed by atoms with Gasteiger partial charge in [-0.2, -0.15) is 0 Å². The molecule has 2 aromatic heterocycles. The molecule has 0 aliphatic heterocycles. The lowest BCUT2D eigenvalue weighted by molar-refractivity contribution is -0.123. The van der Waals surface area contributed by atoms with E-state index in [1.165, 1.54) is 11.3 Å². The fourth-order valence-electron chi connectivity index (χ4n) is 2.04. The summed E-state index contributed by atoms with van der Waals surface area (Å²) in [5.74, 6) is -0.0252. The molecule has 0 atom stereocenters. The number of aromatic nitrogens is 2. The van der Waals surface area contributed by atoms with E-state index in [9.17, 15) is 9.59 Å². The van der Waals surface area contributed by atoms with E-state index in [4.69, 9.17) is 16.3 Å². The summed E-state index contributed by atoms with van der Waals surface area (Å²) in [7, 11) is 0. The molecule has 0 unspecified atom stereocenters. The lowest BCUT2D eigenvalue weighted by Gasteiger charge is -2.09. The molecule has 0 aliphatic rings. The second kappa shape index (κ2) is 7.54. The Bertz CT molecular complexity index is 947. The third-order valence-electron chi connectivity index (χ3n) is 3.24. The highest BCUT2D eigenvalue weighted by Crippen LogP contribution is 2.25. The summed E-state index contributed by atoms with van der Waals surface area (Å²) in [5, 5.41) is 6.84. The van der Waals surface area contributed by atoms with Crippen molar-refractivity contribution < 1.29 is 14.1 Å². The van der Waals surface area contributed by atoms with Crippen LogP contribution in [-0.4, -0.2) is 22.7 Å². The molecular formula is C16H14ClN3O4S. The minimum absolute atomic E-state index is 0.127. The summed E-state index contributed by atoms with van der Waals surface area (Å²) >= 11 is 7.41. The van der Waals surface area contributed by atoms with Crippen LogP contribution in [0.25, 0.3) is 10.7 Å². The molecule has 0 fully saturated rings. The normalized spacial score (nSPS) is 10.6. The van der Waals surface area contributed by atoms with Crippen LogP contribution >= 0.6 is 22.9 Å². The number of rotatable bonds is 6. The van der Waals surface area contributed by atoms with Gasteiger partial charge in [-0.25, -0.2) is 4.79 Å². The van der Waals surface area contributed by atoms with Crippen molar-refractivity contribution >= 4 is 28.8 Å². The number of thiophene rings is 1. The highest BCUT2D eigenvalue weighted by atomic mass is 35.5. The van der Waals surface area contributed by atoms with Crippen molar-refractivity contribution in [3.63, 3.8) is 0 Å². The van der Waals surface area contributed by atoms with E-state index in [1.807, 2.05) is 19.1 Å². The molecule has 0 saturated heterocycles. The first-order chi connectivity index (χ1) is 12.0. The maximum absolute atomic E-state index is 11.9. The molecule has 0 saturated carbocycles. The zero-order valence-corrected chi connectivity index (χ0v) is 14.7. The Balaban J connectivity index is 1.52. The quantitative estimate of drug-likeness (QED) is 0.686. The van der Waals surface area contributed by atoms with Crippen LogP contribution in [0.15, 0.2) is 39.6 Å². The van der Waals surface area contributed by atoms with E-state index < -0.39 is 5.76 Å². The van der Waals surface area contributed by atoms with Crippen LogP contribution in [0.4, 0.5) is 0 Å². The van der Waals surface area contributed by atoms with E-state index in [0.717, 1.165) is 15.3 Å². The van der Waals surface area contributed by atoms with E-state index in [1.54, 1.807) is 18.2 Å². The van der Waals surface area contributed by atoms with Crippen LogP contribution in [-0.2, 0) is 11.3 Å². The number of nitrogens with zero attached hydrogens (tertiary/aromatic N) is 1. The molecule has 25 heavy (non-hydrogen) atoms. The second-order valence-corrected chi connectivity index (χ2v) is 6.78. The minimum Gasteiger partial charge on any atom is -0.482 e. The number of nitrogens with one attached hydrogen (secondary N) is 2. The fourth-order valence-corrected chi connectivity index (χ4v) is 3.09. The third kappa shape index (κ3) is 4.49. The Hall–Kier alpha value is -2.58. The first-order valence-corrected chi connectivity index (χ1v) is 8.51. The van der Waals surface area contributed by atoms with Gasteiger partial charge in [0.15, 0.2) is 12.4 Å². The summed E-state index contributed by atoms with van der Waals surface area (Å²) < 4.78 is 9.91. The summed E-state index contributed by atoms with van der Waals surface area (Å²) in [6.07, 6.45) is 0. The monoisotopic (exact) mass is 379 g/mol. The number of hydrogen-bond acceptors (Lipinski definition) is 6. The van der Waals surface area contributed by atoms with Crippen LogP contribution in [0.5, 0.6) is 5.75 Å². The van der Waals surface area contributed by atoms with E-state index in [0.29, 0.717) is 23.1 Å². The summed E-state index contributed by atoms with van der Waals surface area (Å²) in [5.41, 5.74) is 0.997.